The molecule has 0 atom stereocenters. The summed E-state index contributed by atoms with van der Waals surface area (Å²) in [5, 5.41) is 28.3. The Balaban J connectivity index is 0.000000159. The molecular formula is C26H30N4O3. The first-order valence-electron chi connectivity index (χ1n) is 10.6. The lowest BCUT2D eigenvalue weighted by Gasteiger charge is -2.37. The van der Waals surface area contributed by atoms with E-state index < -0.39 is 5.66 Å². The number of nitrogens with one attached hydrogen (secondary N) is 2. The molecule has 0 saturated heterocycles. The van der Waals surface area contributed by atoms with Crippen LogP contribution in [0.25, 0.3) is 21.5 Å². The summed E-state index contributed by atoms with van der Waals surface area (Å²) in [7, 11) is 0. The number of carbonyl (C=O) groups is 1. The second-order valence-corrected chi connectivity index (χ2v) is 8.10. The van der Waals surface area contributed by atoms with Crippen molar-refractivity contribution in [2.24, 2.45) is 0 Å². The van der Waals surface area contributed by atoms with E-state index in [1.54, 1.807) is 0 Å². The monoisotopic (exact) mass is 446 g/mol. The smallest absolute Gasteiger partial charge is 0.155 e. The molecule has 5 rings (SSSR count). The molecule has 4 aromatic carbocycles. The normalized spacial score (nSPS) is 13.0. The van der Waals surface area contributed by atoms with Crippen LogP contribution in [0.4, 0.5) is 22.7 Å². The number of ketones is 1. The molecule has 172 valence electrons. The molecular weight excluding hydrogens is 416 g/mol. The maximum Gasteiger partial charge on any atom is 0.155 e. The number of aliphatic hydroxyl groups is 2. The number of Topliss-reactive ketones (excluding diaryl/α,β-unsaturated/α-hetero) is 1. The van der Waals surface area contributed by atoms with Gasteiger partial charge in [-0.2, -0.15) is 0 Å². The fourth-order valence-electron chi connectivity index (χ4n) is 3.65. The van der Waals surface area contributed by atoms with Crippen LogP contribution in [0.15, 0.2) is 72.8 Å². The summed E-state index contributed by atoms with van der Waals surface area (Å²) >= 11 is 0. The Kier molecular flexibility index (Phi) is 7.37. The highest BCUT2D eigenvalue weighted by Gasteiger charge is 2.28. The van der Waals surface area contributed by atoms with Crippen LogP contribution in [0.3, 0.4) is 0 Å². The van der Waals surface area contributed by atoms with E-state index in [-0.39, 0.29) is 19.0 Å². The molecule has 0 fully saturated rings. The number of fused-ring (bicyclic) bond motifs is 1. The van der Waals surface area contributed by atoms with Crippen molar-refractivity contribution in [1.29, 1.82) is 0 Å². The van der Waals surface area contributed by atoms with Gasteiger partial charge in [0.05, 0.1) is 6.61 Å². The van der Waals surface area contributed by atoms with E-state index in [0.29, 0.717) is 0 Å². The number of rotatable bonds is 2. The molecule has 0 spiro atoms. The maximum atomic E-state index is 9.56. The summed E-state index contributed by atoms with van der Waals surface area (Å²) in [4.78, 5) is 9.56. The van der Waals surface area contributed by atoms with Gasteiger partial charge in [-0.15, -0.1) is 0 Å². The van der Waals surface area contributed by atoms with Crippen molar-refractivity contribution in [1.82, 2.24) is 0 Å². The molecule has 0 bridgehead atoms. The molecule has 7 heteroatoms. The molecule has 1 aliphatic heterocycles. The molecule has 0 amide bonds. The minimum absolute atomic E-state index is 0.0394. The molecule has 33 heavy (non-hydrogen) atoms. The lowest BCUT2D eigenvalue weighted by atomic mass is 10.0. The van der Waals surface area contributed by atoms with Gasteiger partial charge < -0.3 is 32.3 Å². The van der Waals surface area contributed by atoms with Crippen LogP contribution in [-0.2, 0) is 4.79 Å². The van der Waals surface area contributed by atoms with Gasteiger partial charge in [0, 0.05) is 33.5 Å². The van der Waals surface area contributed by atoms with Gasteiger partial charge in [-0.3, -0.25) is 4.79 Å². The minimum Gasteiger partial charge on any atom is -0.398 e. The SMILES string of the molecule is CC(=O)CO.CC1(CO)Nc2cccc3cccc(c23)N1.Nc1cccc2cccc(N)c12. The van der Waals surface area contributed by atoms with E-state index in [4.69, 9.17) is 16.6 Å². The van der Waals surface area contributed by atoms with Gasteiger partial charge in [0.1, 0.15) is 12.3 Å². The average Bonchev–Trinajstić information content (AvgIpc) is 2.80. The Labute approximate surface area is 193 Å². The first-order chi connectivity index (χ1) is 15.8. The van der Waals surface area contributed by atoms with Crippen LogP contribution in [0, 0.1) is 0 Å². The summed E-state index contributed by atoms with van der Waals surface area (Å²) in [5.74, 6) is -0.190. The number of benzene rings is 4. The van der Waals surface area contributed by atoms with Crippen LogP contribution >= 0.6 is 0 Å². The number of carbonyl (C=O) groups excluding carboxylic acids is 1. The van der Waals surface area contributed by atoms with Crippen molar-refractivity contribution in [3.8, 4) is 0 Å². The van der Waals surface area contributed by atoms with Gasteiger partial charge in [-0.05, 0) is 48.9 Å². The average molecular weight is 447 g/mol. The largest absolute Gasteiger partial charge is 0.398 e. The number of hydrogen-bond donors (Lipinski definition) is 6. The number of anilines is 4. The Morgan fingerprint density at radius 2 is 1.18 bits per heavy atom. The van der Waals surface area contributed by atoms with Crippen LogP contribution in [0.2, 0.25) is 0 Å². The van der Waals surface area contributed by atoms with E-state index in [0.717, 1.165) is 33.5 Å². The number of nitrogen functional groups attached to an aromatic ring is 2. The molecule has 0 aliphatic carbocycles. The second-order valence-electron chi connectivity index (χ2n) is 8.10. The van der Waals surface area contributed by atoms with Crippen molar-refractivity contribution in [3.63, 3.8) is 0 Å². The van der Waals surface area contributed by atoms with Crippen molar-refractivity contribution in [3.05, 3.63) is 72.8 Å². The van der Waals surface area contributed by atoms with E-state index in [2.05, 4.69) is 22.8 Å². The van der Waals surface area contributed by atoms with Crippen molar-refractivity contribution >= 4 is 50.1 Å². The van der Waals surface area contributed by atoms with Crippen molar-refractivity contribution < 1.29 is 15.0 Å². The summed E-state index contributed by atoms with van der Waals surface area (Å²) < 4.78 is 0. The molecule has 4 aromatic rings. The number of hydrogen-bond acceptors (Lipinski definition) is 7. The summed E-state index contributed by atoms with van der Waals surface area (Å²) in [6, 6.07) is 23.9. The molecule has 0 radical (unpaired) electrons. The van der Waals surface area contributed by atoms with Gasteiger partial charge in [0.2, 0.25) is 0 Å². The van der Waals surface area contributed by atoms with E-state index in [1.165, 1.54) is 17.7 Å². The first kappa shape index (κ1) is 23.8. The van der Waals surface area contributed by atoms with Crippen LogP contribution in [-0.4, -0.2) is 34.9 Å². The van der Waals surface area contributed by atoms with Crippen LogP contribution < -0.4 is 22.1 Å². The molecule has 7 nitrogen and oxygen atoms in total. The summed E-state index contributed by atoms with van der Waals surface area (Å²) in [5.41, 5.74) is 14.7. The van der Waals surface area contributed by atoms with Crippen LogP contribution in [0.5, 0.6) is 0 Å². The van der Waals surface area contributed by atoms with E-state index in [9.17, 15) is 9.90 Å². The zero-order valence-electron chi connectivity index (χ0n) is 18.8. The van der Waals surface area contributed by atoms with Crippen molar-refractivity contribution in [2.75, 3.05) is 35.3 Å². The molecule has 0 aromatic heterocycles. The fourth-order valence-corrected chi connectivity index (χ4v) is 3.65. The highest BCUT2D eigenvalue weighted by Crippen LogP contribution is 2.37. The third-order valence-corrected chi connectivity index (χ3v) is 5.23. The molecule has 1 heterocycles. The molecule has 8 N–H and O–H groups in total. The highest BCUT2D eigenvalue weighted by molar-refractivity contribution is 6.05. The predicted octanol–water partition coefficient (Wildman–Crippen LogP) is 3.96. The molecule has 0 saturated carbocycles. The fraction of sp³-hybridized carbons (Fsp3) is 0.192. The summed E-state index contributed by atoms with van der Waals surface area (Å²) in [6.07, 6.45) is 0. The Bertz CT molecular complexity index is 1200. The number of aliphatic hydroxyl groups excluding tert-OH is 2. The summed E-state index contributed by atoms with van der Waals surface area (Å²) in [6.45, 7) is 2.99. The first-order valence-corrected chi connectivity index (χ1v) is 10.6. The minimum atomic E-state index is -0.483. The third-order valence-electron chi connectivity index (χ3n) is 5.23. The van der Waals surface area contributed by atoms with Gasteiger partial charge >= 0.3 is 0 Å². The lowest BCUT2D eigenvalue weighted by molar-refractivity contribution is -0.119. The zero-order chi connectivity index (χ0) is 24.0. The second kappa shape index (κ2) is 10.2. The Morgan fingerprint density at radius 3 is 1.55 bits per heavy atom. The molecule has 0 unspecified atom stereocenters. The maximum absolute atomic E-state index is 9.56. The highest BCUT2D eigenvalue weighted by atomic mass is 16.3. The van der Waals surface area contributed by atoms with E-state index >= 15 is 0 Å². The number of nitrogens with two attached hydrogens (primary N) is 2. The molecule has 1 aliphatic rings. The van der Waals surface area contributed by atoms with Gasteiger partial charge in [-0.1, -0.05) is 48.5 Å². The topological polar surface area (TPSA) is 134 Å². The van der Waals surface area contributed by atoms with Gasteiger partial charge in [0.15, 0.2) is 5.78 Å². The Hall–Kier alpha value is -3.81. The van der Waals surface area contributed by atoms with Gasteiger partial charge in [-0.25, -0.2) is 0 Å². The van der Waals surface area contributed by atoms with Gasteiger partial charge in [0.25, 0.3) is 0 Å². The lowest BCUT2D eigenvalue weighted by Crippen LogP contribution is -2.48. The quantitative estimate of drug-likeness (QED) is 0.257. The van der Waals surface area contributed by atoms with E-state index in [1.807, 2.05) is 67.6 Å². The predicted molar refractivity (Wildman–Crippen MR) is 137 cm³/mol. The zero-order valence-corrected chi connectivity index (χ0v) is 18.8. The Morgan fingerprint density at radius 1 is 0.788 bits per heavy atom. The third kappa shape index (κ3) is 5.52. The standard InChI is InChI=1S/C13H14N2O.C10H10N2.C3H6O2/c1-13(8-16)14-10-6-2-4-9-5-3-7-11(15-13)12(9)10;11-8-5-1-3-7-4-2-6-9(12)10(7)8;1-3(5)2-4/h2-7,14-16H,8H2,1H3;1-6H,11-12H2;4H,2H2,1H3. The van der Waals surface area contributed by atoms with Crippen molar-refractivity contribution in [2.45, 2.75) is 19.5 Å². The van der Waals surface area contributed by atoms with Crippen LogP contribution in [0.1, 0.15) is 13.8 Å².